The predicted octanol–water partition coefficient (Wildman–Crippen LogP) is 4.00. The molecule has 0 radical (unpaired) electrons. The highest BCUT2D eigenvalue weighted by atomic mass is 28.4. The average Bonchev–Trinajstić information content (AvgIpc) is 2.63. The second-order valence-corrected chi connectivity index (χ2v) is 11.8. The van der Waals surface area contributed by atoms with E-state index in [1.807, 2.05) is 13.0 Å². The first-order chi connectivity index (χ1) is 11.6. The van der Waals surface area contributed by atoms with E-state index in [0.717, 1.165) is 28.8 Å². The van der Waals surface area contributed by atoms with Crippen LogP contribution in [0, 0.1) is 11.8 Å². The van der Waals surface area contributed by atoms with Crippen molar-refractivity contribution in [3.8, 4) is 0 Å². The summed E-state index contributed by atoms with van der Waals surface area (Å²) in [5.74, 6) is -0.622. The molecule has 0 aliphatic rings. The lowest BCUT2D eigenvalue weighted by Crippen LogP contribution is -2.41. The van der Waals surface area contributed by atoms with Gasteiger partial charge in [-0.3, -0.25) is 9.63 Å². The van der Waals surface area contributed by atoms with Gasteiger partial charge in [-0.1, -0.05) is 40.7 Å². The molecule has 0 spiro atoms. The van der Waals surface area contributed by atoms with Crippen LogP contribution in [0.3, 0.4) is 0 Å². The van der Waals surface area contributed by atoms with Crippen molar-refractivity contribution in [2.75, 3.05) is 14.2 Å². The third-order valence-electron chi connectivity index (χ3n) is 5.55. The molecule has 0 saturated carbocycles. The number of aliphatic hydroxyl groups is 1. The maximum Gasteiger partial charge on any atom is 0.251 e. The molecule has 0 unspecified atom stereocenters. The molecule has 0 saturated heterocycles. The summed E-state index contributed by atoms with van der Waals surface area (Å²) in [7, 11) is 1.34. The van der Waals surface area contributed by atoms with Gasteiger partial charge in [0.05, 0.1) is 19.1 Å². The van der Waals surface area contributed by atoms with E-state index in [2.05, 4.69) is 34.6 Å². The normalized spacial score (nSPS) is 17.8. The average molecular weight is 374 g/mol. The van der Waals surface area contributed by atoms with Crippen LogP contribution in [-0.4, -0.2) is 50.8 Å². The van der Waals surface area contributed by atoms with E-state index in [4.69, 9.17) is 9.26 Å². The number of amides is 1. The summed E-state index contributed by atoms with van der Waals surface area (Å²) < 4.78 is 6.51. The van der Waals surface area contributed by atoms with E-state index in [1.54, 1.807) is 14.0 Å². The number of rotatable bonds is 11. The van der Waals surface area contributed by atoms with Crippen molar-refractivity contribution in [1.82, 2.24) is 5.06 Å². The smallest absolute Gasteiger partial charge is 0.251 e. The van der Waals surface area contributed by atoms with Crippen molar-refractivity contribution in [3.63, 3.8) is 0 Å². The molecule has 0 bridgehead atoms. The highest BCUT2D eigenvalue weighted by Crippen LogP contribution is 2.27. The summed E-state index contributed by atoms with van der Waals surface area (Å²) in [4.78, 5) is 17.1. The molecule has 6 heteroatoms. The first-order valence-electron chi connectivity index (χ1n) is 9.44. The van der Waals surface area contributed by atoms with Gasteiger partial charge in [0.2, 0.25) is 0 Å². The summed E-state index contributed by atoms with van der Waals surface area (Å²) in [5.41, 5.74) is 0.796. The zero-order valence-corrected chi connectivity index (χ0v) is 18.6. The zero-order valence-electron chi connectivity index (χ0n) is 17.6. The SMILES string of the molecule is CC[Si](CC)(CC)O[C@H](C)[C@@H](C)/C=C(\C)[C@H](O)[C@@H](C)C(=O)N(C)OC. The molecule has 0 aromatic carbocycles. The number of nitrogens with zero attached hydrogens (tertiary/aromatic N) is 1. The van der Waals surface area contributed by atoms with Crippen molar-refractivity contribution in [2.24, 2.45) is 11.8 Å². The fraction of sp³-hybridized carbons (Fsp3) is 0.842. The van der Waals surface area contributed by atoms with Crippen LogP contribution in [0.15, 0.2) is 11.6 Å². The van der Waals surface area contributed by atoms with Gasteiger partial charge < -0.3 is 9.53 Å². The van der Waals surface area contributed by atoms with Crippen LogP contribution in [0.25, 0.3) is 0 Å². The molecule has 0 aliphatic carbocycles. The van der Waals surface area contributed by atoms with Gasteiger partial charge in [-0.05, 0) is 43.5 Å². The molecule has 0 heterocycles. The molecule has 1 amide bonds. The van der Waals surface area contributed by atoms with E-state index >= 15 is 0 Å². The van der Waals surface area contributed by atoms with Gasteiger partial charge >= 0.3 is 0 Å². The van der Waals surface area contributed by atoms with Crippen LogP contribution in [-0.2, 0) is 14.1 Å². The van der Waals surface area contributed by atoms with Gasteiger partial charge in [-0.25, -0.2) is 5.06 Å². The molecule has 0 aromatic rings. The summed E-state index contributed by atoms with van der Waals surface area (Å²) in [6, 6.07) is 3.37. The Morgan fingerprint density at radius 2 is 1.64 bits per heavy atom. The predicted molar refractivity (Wildman–Crippen MR) is 106 cm³/mol. The summed E-state index contributed by atoms with van der Waals surface area (Å²) in [5, 5.41) is 11.7. The van der Waals surface area contributed by atoms with Crippen LogP contribution in [0.5, 0.6) is 0 Å². The quantitative estimate of drug-likeness (QED) is 0.338. The van der Waals surface area contributed by atoms with Crippen LogP contribution >= 0.6 is 0 Å². The van der Waals surface area contributed by atoms with Crippen molar-refractivity contribution in [1.29, 1.82) is 0 Å². The number of hydrogen-bond donors (Lipinski definition) is 1. The van der Waals surface area contributed by atoms with Crippen molar-refractivity contribution in [3.05, 3.63) is 11.6 Å². The molecule has 25 heavy (non-hydrogen) atoms. The van der Waals surface area contributed by atoms with Crippen molar-refractivity contribution >= 4 is 14.2 Å². The van der Waals surface area contributed by atoms with E-state index in [0.29, 0.717) is 0 Å². The Labute approximate surface area is 155 Å². The number of aliphatic hydroxyl groups excluding tert-OH is 1. The highest BCUT2D eigenvalue weighted by Gasteiger charge is 2.32. The molecule has 148 valence electrons. The van der Waals surface area contributed by atoms with Gasteiger partial charge in [-0.2, -0.15) is 0 Å². The third-order valence-corrected chi connectivity index (χ3v) is 10.3. The van der Waals surface area contributed by atoms with E-state index < -0.39 is 20.3 Å². The summed E-state index contributed by atoms with van der Waals surface area (Å²) in [6.07, 6.45) is 1.30. The fourth-order valence-corrected chi connectivity index (χ4v) is 6.06. The molecular weight excluding hydrogens is 334 g/mol. The van der Waals surface area contributed by atoms with Crippen molar-refractivity contribution in [2.45, 2.75) is 78.8 Å². The largest absolute Gasteiger partial charge is 0.414 e. The maximum atomic E-state index is 12.1. The Morgan fingerprint density at radius 3 is 2.04 bits per heavy atom. The van der Waals surface area contributed by atoms with Gasteiger partial charge in [0, 0.05) is 13.2 Å². The molecule has 0 aliphatic heterocycles. The minimum absolute atomic E-state index is 0.0984. The van der Waals surface area contributed by atoms with E-state index in [1.165, 1.54) is 7.11 Å². The van der Waals surface area contributed by atoms with Gasteiger partial charge in [-0.15, -0.1) is 0 Å². The van der Waals surface area contributed by atoms with Crippen LogP contribution < -0.4 is 0 Å². The fourth-order valence-electron chi connectivity index (χ4n) is 3.06. The second kappa shape index (κ2) is 11.1. The first kappa shape index (κ1) is 24.3. The number of hydroxylamine groups is 2. The van der Waals surface area contributed by atoms with Crippen LogP contribution in [0.2, 0.25) is 18.1 Å². The number of carbonyl (C=O) groups excluding carboxylic acids is 1. The molecule has 0 rings (SSSR count). The number of hydrogen-bond acceptors (Lipinski definition) is 4. The standard InChI is InChI=1S/C19H39NO4Si/c1-10-25(11-2,12-3)24-17(7)14(4)13-15(5)18(21)16(6)19(22)20(8)23-9/h13-14,16-18,21H,10-12H2,1-9H3/b15-13+/t14-,16+,17+,18-/m0/s1. The molecule has 1 N–H and O–H groups in total. The highest BCUT2D eigenvalue weighted by molar-refractivity contribution is 6.73. The lowest BCUT2D eigenvalue weighted by Gasteiger charge is -2.34. The molecule has 0 fully saturated rings. The summed E-state index contributed by atoms with van der Waals surface area (Å²) >= 11 is 0. The Bertz CT molecular complexity index is 429. The van der Waals surface area contributed by atoms with Crippen molar-refractivity contribution < 1.29 is 19.2 Å². The van der Waals surface area contributed by atoms with Crippen LogP contribution in [0.4, 0.5) is 0 Å². The number of carbonyl (C=O) groups is 1. The maximum absolute atomic E-state index is 12.1. The summed E-state index contributed by atoms with van der Waals surface area (Å²) in [6.45, 7) is 14.5. The van der Waals surface area contributed by atoms with Gasteiger partial charge in [0.25, 0.3) is 5.91 Å². The zero-order chi connectivity index (χ0) is 19.8. The van der Waals surface area contributed by atoms with Gasteiger partial charge in [0.1, 0.15) is 0 Å². The monoisotopic (exact) mass is 373 g/mol. The van der Waals surface area contributed by atoms with Gasteiger partial charge in [0.15, 0.2) is 8.32 Å². The Kier molecular flexibility index (Phi) is 10.8. The Morgan fingerprint density at radius 1 is 1.16 bits per heavy atom. The molecule has 5 nitrogen and oxygen atoms in total. The van der Waals surface area contributed by atoms with Crippen LogP contribution in [0.1, 0.15) is 48.5 Å². The molecular formula is C19H39NO4Si. The minimum Gasteiger partial charge on any atom is -0.414 e. The minimum atomic E-state index is -1.65. The molecule has 0 aromatic heterocycles. The van der Waals surface area contributed by atoms with E-state index in [-0.39, 0.29) is 17.9 Å². The van der Waals surface area contributed by atoms with E-state index in [9.17, 15) is 9.90 Å². The Hall–Kier alpha value is -0.693. The third kappa shape index (κ3) is 6.85. The lowest BCUT2D eigenvalue weighted by atomic mass is 9.93. The lowest BCUT2D eigenvalue weighted by molar-refractivity contribution is -0.175. The first-order valence-corrected chi connectivity index (χ1v) is 12.0. The molecule has 4 atom stereocenters. The second-order valence-electron chi connectivity index (χ2n) is 7.09. The Balaban J connectivity index is 5.03. The topological polar surface area (TPSA) is 59.0 Å².